The van der Waals surface area contributed by atoms with E-state index in [4.69, 9.17) is 9.47 Å². The number of aromatic nitrogens is 1. The molecule has 3 rings (SSSR count). The second-order valence-electron chi connectivity index (χ2n) is 6.09. The van der Waals surface area contributed by atoms with Crippen molar-refractivity contribution in [2.75, 3.05) is 30.0 Å². The molecule has 0 radical (unpaired) electrons. The Morgan fingerprint density at radius 2 is 2.14 bits per heavy atom. The number of para-hydroxylation sites is 2. The molecule has 1 aromatic carbocycles. The third-order valence-corrected chi connectivity index (χ3v) is 4.91. The number of esters is 1. The predicted octanol–water partition coefficient (Wildman–Crippen LogP) is 2.39. The Morgan fingerprint density at radius 1 is 1.32 bits per heavy atom. The van der Waals surface area contributed by atoms with Gasteiger partial charge in [0, 0.05) is 18.3 Å². The van der Waals surface area contributed by atoms with Crippen LogP contribution in [0.15, 0.2) is 29.6 Å². The smallest absolute Gasteiger partial charge is 0.312 e. The number of rotatable bonds is 8. The van der Waals surface area contributed by atoms with E-state index in [0.29, 0.717) is 41.8 Å². The summed E-state index contributed by atoms with van der Waals surface area (Å²) in [6, 6.07) is 7.03. The molecule has 0 atom stereocenters. The third kappa shape index (κ3) is 5.07. The summed E-state index contributed by atoms with van der Waals surface area (Å²) in [6.45, 7) is 2.57. The van der Waals surface area contributed by atoms with Crippen molar-refractivity contribution in [3.05, 3.63) is 35.3 Å². The monoisotopic (exact) mass is 403 g/mol. The lowest BCUT2D eigenvalue weighted by molar-refractivity contribution is -0.146. The van der Waals surface area contributed by atoms with Gasteiger partial charge in [-0.1, -0.05) is 12.1 Å². The van der Waals surface area contributed by atoms with Crippen LogP contribution in [0.3, 0.4) is 0 Å². The van der Waals surface area contributed by atoms with Gasteiger partial charge in [0.2, 0.25) is 5.91 Å². The first-order chi connectivity index (χ1) is 13.6. The molecule has 1 fully saturated rings. The summed E-state index contributed by atoms with van der Waals surface area (Å²) in [5, 5.41) is 4.98. The maximum absolute atomic E-state index is 12.0. The van der Waals surface area contributed by atoms with Gasteiger partial charge in [-0.15, -0.1) is 11.3 Å². The number of nitrogens with zero attached hydrogens (tertiary/aromatic N) is 2. The summed E-state index contributed by atoms with van der Waals surface area (Å²) in [5.41, 5.74) is 1.04. The van der Waals surface area contributed by atoms with Crippen molar-refractivity contribution in [2.45, 2.75) is 26.2 Å². The molecule has 1 saturated heterocycles. The van der Waals surface area contributed by atoms with Crippen LogP contribution in [-0.2, 0) is 25.5 Å². The first-order valence-electron chi connectivity index (χ1n) is 8.99. The highest BCUT2D eigenvalue weighted by Crippen LogP contribution is 2.26. The van der Waals surface area contributed by atoms with E-state index in [9.17, 15) is 14.4 Å². The Bertz CT molecular complexity index is 867. The molecule has 0 unspecified atom stereocenters. The van der Waals surface area contributed by atoms with Gasteiger partial charge < -0.3 is 14.8 Å². The maximum atomic E-state index is 12.0. The number of carbonyl (C=O) groups is 3. The first kappa shape index (κ1) is 19.8. The van der Waals surface area contributed by atoms with Crippen molar-refractivity contribution in [2.24, 2.45) is 0 Å². The Morgan fingerprint density at radius 3 is 2.89 bits per heavy atom. The van der Waals surface area contributed by atoms with Crippen LogP contribution in [0.1, 0.15) is 25.5 Å². The van der Waals surface area contributed by atoms with Crippen LogP contribution >= 0.6 is 11.3 Å². The minimum Gasteiger partial charge on any atom is -0.492 e. The summed E-state index contributed by atoms with van der Waals surface area (Å²) in [6.07, 6.45) is 1.29. The Hall–Kier alpha value is -2.94. The van der Waals surface area contributed by atoms with Gasteiger partial charge in [-0.25, -0.2) is 4.98 Å². The molecule has 0 bridgehead atoms. The lowest BCUT2D eigenvalue weighted by atomic mass is 10.3. The number of ether oxygens (including phenoxy) is 2. The van der Waals surface area contributed by atoms with Crippen LogP contribution in [-0.4, -0.2) is 42.5 Å². The standard InChI is InChI=1S/C19H21N3O5S/c1-2-26-15-7-4-3-6-14(15)21-16(23)11-27-18(25)10-13-12-28-19(20-13)22-9-5-8-17(22)24/h3-4,6-7,12H,2,5,8-11H2,1H3,(H,21,23). The fourth-order valence-electron chi connectivity index (χ4n) is 2.73. The molecular weight excluding hydrogens is 382 g/mol. The van der Waals surface area contributed by atoms with Gasteiger partial charge >= 0.3 is 5.97 Å². The van der Waals surface area contributed by atoms with Crippen LogP contribution in [0.4, 0.5) is 10.8 Å². The lowest BCUT2D eigenvalue weighted by Gasteiger charge is -2.11. The summed E-state index contributed by atoms with van der Waals surface area (Å²) < 4.78 is 10.5. The Labute approximate surface area is 166 Å². The highest BCUT2D eigenvalue weighted by molar-refractivity contribution is 7.14. The van der Waals surface area contributed by atoms with Crippen LogP contribution in [0.25, 0.3) is 0 Å². The maximum Gasteiger partial charge on any atom is 0.312 e. The fourth-order valence-corrected chi connectivity index (χ4v) is 3.60. The van der Waals surface area contributed by atoms with Crippen molar-refractivity contribution in [3.8, 4) is 5.75 Å². The van der Waals surface area contributed by atoms with Gasteiger partial charge in [0.1, 0.15) is 5.75 Å². The van der Waals surface area contributed by atoms with Gasteiger partial charge in [0.15, 0.2) is 11.7 Å². The van der Waals surface area contributed by atoms with Crippen LogP contribution in [0.5, 0.6) is 5.75 Å². The van der Waals surface area contributed by atoms with Crippen LogP contribution in [0, 0.1) is 0 Å². The van der Waals surface area contributed by atoms with Crippen LogP contribution in [0.2, 0.25) is 0 Å². The highest BCUT2D eigenvalue weighted by Gasteiger charge is 2.24. The van der Waals surface area contributed by atoms with E-state index in [1.807, 2.05) is 6.92 Å². The Balaban J connectivity index is 1.47. The first-order valence-corrected chi connectivity index (χ1v) is 9.87. The Kier molecular flexibility index (Phi) is 6.59. The number of anilines is 2. The summed E-state index contributed by atoms with van der Waals surface area (Å²) >= 11 is 1.32. The average Bonchev–Trinajstić information content (AvgIpc) is 3.30. The lowest BCUT2D eigenvalue weighted by Crippen LogP contribution is -2.23. The second-order valence-corrected chi connectivity index (χ2v) is 6.92. The number of hydrogen-bond acceptors (Lipinski definition) is 7. The van der Waals surface area contributed by atoms with E-state index in [0.717, 1.165) is 6.42 Å². The SMILES string of the molecule is CCOc1ccccc1NC(=O)COC(=O)Cc1csc(N2CCCC2=O)n1. The highest BCUT2D eigenvalue weighted by atomic mass is 32.1. The minimum absolute atomic E-state index is 0.0486. The molecule has 1 aliphatic heterocycles. The van der Waals surface area contributed by atoms with E-state index in [2.05, 4.69) is 10.3 Å². The molecule has 8 nitrogen and oxygen atoms in total. The molecule has 2 heterocycles. The van der Waals surface area contributed by atoms with Gasteiger partial charge in [0.05, 0.1) is 24.4 Å². The molecule has 0 aliphatic carbocycles. The largest absolute Gasteiger partial charge is 0.492 e. The van der Waals surface area contributed by atoms with Gasteiger partial charge in [-0.05, 0) is 25.5 Å². The van der Waals surface area contributed by atoms with Gasteiger partial charge in [-0.2, -0.15) is 0 Å². The van der Waals surface area contributed by atoms with Gasteiger partial charge in [0.25, 0.3) is 5.91 Å². The third-order valence-electron chi connectivity index (χ3n) is 3.99. The number of hydrogen-bond donors (Lipinski definition) is 1. The average molecular weight is 403 g/mol. The molecule has 0 saturated carbocycles. The second kappa shape index (κ2) is 9.32. The number of carbonyl (C=O) groups excluding carboxylic acids is 3. The molecule has 1 N–H and O–H groups in total. The molecule has 2 aromatic rings. The van der Waals surface area contributed by atoms with E-state index >= 15 is 0 Å². The van der Waals surface area contributed by atoms with E-state index in [-0.39, 0.29) is 12.3 Å². The van der Waals surface area contributed by atoms with Crippen molar-refractivity contribution in [1.29, 1.82) is 0 Å². The molecular formula is C19H21N3O5S. The van der Waals surface area contributed by atoms with Crippen molar-refractivity contribution in [1.82, 2.24) is 4.98 Å². The summed E-state index contributed by atoms with van der Waals surface area (Å²) in [7, 11) is 0. The molecule has 1 aromatic heterocycles. The van der Waals surface area contributed by atoms with E-state index in [1.165, 1.54) is 11.3 Å². The molecule has 28 heavy (non-hydrogen) atoms. The molecule has 9 heteroatoms. The molecule has 0 spiro atoms. The summed E-state index contributed by atoms with van der Waals surface area (Å²) in [5.74, 6) is -0.413. The zero-order chi connectivity index (χ0) is 19.9. The van der Waals surface area contributed by atoms with E-state index in [1.54, 1.807) is 34.5 Å². The zero-order valence-electron chi connectivity index (χ0n) is 15.5. The zero-order valence-corrected chi connectivity index (χ0v) is 16.3. The topological polar surface area (TPSA) is 97.8 Å². The summed E-state index contributed by atoms with van der Waals surface area (Å²) in [4.78, 5) is 41.7. The number of benzene rings is 1. The number of amides is 2. The quantitative estimate of drug-likeness (QED) is 0.680. The minimum atomic E-state index is -0.558. The van der Waals surface area contributed by atoms with Crippen molar-refractivity contribution in [3.63, 3.8) is 0 Å². The van der Waals surface area contributed by atoms with Crippen molar-refractivity contribution < 1.29 is 23.9 Å². The van der Waals surface area contributed by atoms with Crippen molar-refractivity contribution >= 4 is 39.9 Å². The predicted molar refractivity (Wildman–Crippen MR) is 105 cm³/mol. The van der Waals surface area contributed by atoms with Gasteiger partial charge in [-0.3, -0.25) is 19.3 Å². The molecule has 1 aliphatic rings. The number of nitrogens with one attached hydrogen (secondary N) is 1. The fraction of sp³-hybridized carbons (Fsp3) is 0.368. The molecule has 148 valence electrons. The van der Waals surface area contributed by atoms with Crippen LogP contribution < -0.4 is 15.0 Å². The normalized spacial score (nSPS) is 13.5. The van der Waals surface area contributed by atoms with E-state index < -0.39 is 18.5 Å². The number of thiazole rings is 1. The molecule has 2 amide bonds.